The molecule has 26 heavy (non-hydrogen) atoms. The average molecular weight is 342 g/mol. The molecule has 0 N–H and O–H groups in total. The summed E-state index contributed by atoms with van der Waals surface area (Å²) in [6.45, 7) is 0.181. The van der Waals surface area contributed by atoms with Crippen LogP contribution < -0.4 is 14.6 Å². The molecule has 0 radical (unpaired) electrons. The van der Waals surface area contributed by atoms with Crippen molar-refractivity contribution in [1.82, 2.24) is 4.98 Å². The lowest BCUT2D eigenvalue weighted by Crippen LogP contribution is -2.22. The van der Waals surface area contributed by atoms with E-state index in [1.807, 2.05) is 42.5 Å². The smallest absolute Gasteiger partial charge is 0.231 e. The number of aromatic carboxylic acids is 1. The molecular formula is C21H12NO4-. The molecule has 0 saturated heterocycles. The van der Waals surface area contributed by atoms with Crippen molar-refractivity contribution in [2.45, 2.75) is 0 Å². The summed E-state index contributed by atoms with van der Waals surface area (Å²) < 4.78 is 10.7. The lowest BCUT2D eigenvalue weighted by Gasteiger charge is -2.13. The largest absolute Gasteiger partial charge is 0.545 e. The number of ether oxygens (including phenoxy) is 2. The van der Waals surface area contributed by atoms with E-state index in [0.29, 0.717) is 28.1 Å². The van der Waals surface area contributed by atoms with E-state index in [9.17, 15) is 9.90 Å². The summed E-state index contributed by atoms with van der Waals surface area (Å²) in [6.07, 6.45) is 0. The Balaban J connectivity index is 1.80. The molecule has 2 heterocycles. The van der Waals surface area contributed by atoms with Crippen LogP contribution in [0.15, 0.2) is 60.7 Å². The Morgan fingerprint density at radius 3 is 2.69 bits per heavy atom. The first-order valence-corrected chi connectivity index (χ1v) is 8.14. The summed E-state index contributed by atoms with van der Waals surface area (Å²) in [5.74, 6) is 0.0642. The number of fused-ring (bicyclic) bond motifs is 4. The van der Waals surface area contributed by atoms with Gasteiger partial charge in [-0.1, -0.05) is 30.3 Å². The number of pyridine rings is 1. The second-order valence-corrected chi connectivity index (χ2v) is 6.09. The molecule has 0 unspecified atom stereocenters. The summed E-state index contributed by atoms with van der Waals surface area (Å²) in [4.78, 5) is 16.5. The third-order valence-electron chi connectivity index (χ3n) is 4.59. The number of carbonyl (C=O) groups excluding carboxylic acids is 1. The van der Waals surface area contributed by atoms with E-state index in [2.05, 4.69) is 4.98 Å². The molecule has 0 amide bonds. The number of aromatic nitrogens is 1. The van der Waals surface area contributed by atoms with Crippen molar-refractivity contribution in [3.05, 3.63) is 66.2 Å². The first-order valence-electron chi connectivity index (χ1n) is 8.14. The molecule has 0 bridgehead atoms. The van der Waals surface area contributed by atoms with Crippen LogP contribution in [0.3, 0.4) is 0 Å². The predicted molar refractivity (Wildman–Crippen MR) is 95.1 cm³/mol. The van der Waals surface area contributed by atoms with Crippen LogP contribution in [0, 0.1) is 0 Å². The Labute approximate surface area is 148 Å². The summed E-state index contributed by atoms with van der Waals surface area (Å²) in [5, 5.41) is 14.2. The van der Waals surface area contributed by atoms with Crippen LogP contribution in [0.25, 0.3) is 32.9 Å². The highest BCUT2D eigenvalue weighted by Gasteiger charge is 2.16. The number of hydrogen-bond acceptors (Lipinski definition) is 5. The van der Waals surface area contributed by atoms with Gasteiger partial charge in [0.1, 0.15) is 0 Å². The van der Waals surface area contributed by atoms with Crippen LogP contribution in [-0.4, -0.2) is 17.7 Å². The molecule has 4 aromatic rings. The van der Waals surface area contributed by atoms with Gasteiger partial charge in [-0.15, -0.1) is 0 Å². The second-order valence-electron chi connectivity index (χ2n) is 6.09. The Hall–Kier alpha value is -3.60. The van der Waals surface area contributed by atoms with Crippen LogP contribution in [0.2, 0.25) is 0 Å². The van der Waals surface area contributed by atoms with Crippen LogP contribution >= 0.6 is 0 Å². The molecule has 126 valence electrons. The van der Waals surface area contributed by atoms with Gasteiger partial charge >= 0.3 is 0 Å². The van der Waals surface area contributed by atoms with Crippen molar-refractivity contribution >= 4 is 27.6 Å². The fraction of sp³-hybridized carbons (Fsp3) is 0.0476. The van der Waals surface area contributed by atoms with Gasteiger partial charge in [0.25, 0.3) is 0 Å². The molecular weight excluding hydrogens is 330 g/mol. The maximum absolute atomic E-state index is 11.8. The zero-order valence-electron chi connectivity index (χ0n) is 13.6. The minimum Gasteiger partial charge on any atom is -0.545 e. The second kappa shape index (κ2) is 5.46. The van der Waals surface area contributed by atoms with E-state index >= 15 is 0 Å². The minimum atomic E-state index is -1.23. The molecule has 1 aliphatic rings. The lowest BCUT2D eigenvalue weighted by molar-refractivity contribution is -0.254. The Bertz CT molecular complexity index is 1200. The number of carboxylic acid groups (broad SMARTS) is 1. The molecule has 5 rings (SSSR count). The third kappa shape index (κ3) is 2.18. The zero-order chi connectivity index (χ0) is 17.7. The lowest BCUT2D eigenvalue weighted by atomic mass is 9.98. The Morgan fingerprint density at radius 1 is 0.962 bits per heavy atom. The maximum atomic E-state index is 11.8. The number of carbonyl (C=O) groups is 1. The van der Waals surface area contributed by atoms with Gasteiger partial charge in [-0.25, -0.2) is 4.98 Å². The van der Waals surface area contributed by atoms with Gasteiger partial charge in [-0.05, 0) is 41.1 Å². The number of rotatable bonds is 2. The summed E-state index contributed by atoms with van der Waals surface area (Å²) in [5.41, 5.74) is 2.04. The minimum absolute atomic E-state index is 0.125. The fourth-order valence-corrected chi connectivity index (χ4v) is 3.37. The van der Waals surface area contributed by atoms with Crippen molar-refractivity contribution < 1.29 is 19.4 Å². The van der Waals surface area contributed by atoms with Crippen LogP contribution in [0.5, 0.6) is 11.5 Å². The predicted octanol–water partition coefficient (Wildman–Crippen LogP) is 3.15. The molecule has 5 heteroatoms. The monoisotopic (exact) mass is 342 g/mol. The van der Waals surface area contributed by atoms with Crippen molar-refractivity contribution in [3.8, 4) is 22.8 Å². The van der Waals surface area contributed by atoms with Crippen LogP contribution in [0.4, 0.5) is 0 Å². The quantitative estimate of drug-likeness (QED) is 0.523. The van der Waals surface area contributed by atoms with E-state index in [1.165, 1.54) is 0 Å². The van der Waals surface area contributed by atoms with Gasteiger partial charge < -0.3 is 19.4 Å². The molecule has 0 aliphatic carbocycles. The SMILES string of the molecule is O=C([O-])c1cc(-c2ccc3c(c2)OCO3)nc2ccc3ccccc3c12. The van der Waals surface area contributed by atoms with E-state index in [1.54, 1.807) is 18.2 Å². The molecule has 0 atom stereocenters. The van der Waals surface area contributed by atoms with Crippen LogP contribution in [-0.2, 0) is 0 Å². The Kier molecular flexibility index (Phi) is 3.09. The van der Waals surface area contributed by atoms with Gasteiger partial charge in [-0.3, -0.25) is 0 Å². The highest BCUT2D eigenvalue weighted by atomic mass is 16.7. The topological polar surface area (TPSA) is 71.5 Å². The van der Waals surface area contributed by atoms with Gasteiger partial charge in [0.05, 0.1) is 17.2 Å². The highest BCUT2D eigenvalue weighted by Crippen LogP contribution is 2.37. The summed E-state index contributed by atoms with van der Waals surface area (Å²) in [7, 11) is 0. The summed E-state index contributed by atoms with van der Waals surface area (Å²) in [6, 6.07) is 18.4. The molecule has 0 saturated carbocycles. The highest BCUT2D eigenvalue weighted by molar-refractivity contribution is 6.15. The molecule has 1 aliphatic heterocycles. The van der Waals surface area contributed by atoms with Crippen LogP contribution in [0.1, 0.15) is 10.4 Å². The molecule has 5 nitrogen and oxygen atoms in total. The third-order valence-corrected chi connectivity index (χ3v) is 4.59. The van der Waals surface area contributed by atoms with Crippen molar-refractivity contribution in [2.24, 2.45) is 0 Å². The molecule has 1 aromatic heterocycles. The maximum Gasteiger partial charge on any atom is 0.231 e. The first-order chi connectivity index (χ1) is 12.7. The number of nitrogens with zero attached hydrogens (tertiary/aromatic N) is 1. The van der Waals surface area contributed by atoms with E-state index in [-0.39, 0.29) is 12.4 Å². The molecule has 3 aromatic carbocycles. The van der Waals surface area contributed by atoms with Gasteiger partial charge in [0, 0.05) is 16.5 Å². The fourth-order valence-electron chi connectivity index (χ4n) is 3.37. The van der Waals surface area contributed by atoms with Crippen molar-refractivity contribution in [2.75, 3.05) is 6.79 Å². The average Bonchev–Trinajstić information content (AvgIpc) is 3.14. The van der Waals surface area contributed by atoms with Gasteiger partial charge in [0.15, 0.2) is 11.5 Å². The van der Waals surface area contributed by atoms with Gasteiger partial charge in [-0.2, -0.15) is 0 Å². The number of carboxylic acids is 1. The first kappa shape index (κ1) is 14.7. The van der Waals surface area contributed by atoms with Crippen molar-refractivity contribution in [1.29, 1.82) is 0 Å². The summed E-state index contributed by atoms with van der Waals surface area (Å²) >= 11 is 0. The Morgan fingerprint density at radius 2 is 1.81 bits per heavy atom. The van der Waals surface area contributed by atoms with E-state index in [4.69, 9.17) is 9.47 Å². The van der Waals surface area contributed by atoms with Crippen molar-refractivity contribution in [3.63, 3.8) is 0 Å². The molecule has 0 spiro atoms. The molecule has 0 fully saturated rings. The van der Waals surface area contributed by atoms with E-state index in [0.717, 1.165) is 16.3 Å². The number of hydrogen-bond donors (Lipinski definition) is 0. The van der Waals surface area contributed by atoms with Gasteiger partial charge in [0.2, 0.25) is 6.79 Å². The van der Waals surface area contributed by atoms with E-state index < -0.39 is 5.97 Å². The standard InChI is InChI=1S/C21H13NO4/c23-21(24)15-10-17(13-6-8-18-19(9-13)26-11-25-18)22-16-7-5-12-3-1-2-4-14(12)20(15)16/h1-10H,11H2,(H,23,24)/p-1. The zero-order valence-corrected chi connectivity index (χ0v) is 13.6. The number of benzene rings is 3. The normalized spacial score (nSPS) is 12.6.